The number of carbonyl (C=O) groups is 1. The van der Waals surface area contributed by atoms with E-state index in [1.165, 1.54) is 11.3 Å². The van der Waals surface area contributed by atoms with Gasteiger partial charge >= 0.3 is 0 Å². The van der Waals surface area contributed by atoms with E-state index in [9.17, 15) is 4.79 Å². The molecule has 3 heterocycles. The predicted octanol–water partition coefficient (Wildman–Crippen LogP) is 4.42. The van der Waals surface area contributed by atoms with Crippen molar-refractivity contribution in [1.82, 2.24) is 19.9 Å². The van der Waals surface area contributed by atoms with Gasteiger partial charge < -0.3 is 9.88 Å². The lowest BCUT2D eigenvalue weighted by atomic mass is 10.1. The molecule has 0 radical (unpaired) electrons. The summed E-state index contributed by atoms with van der Waals surface area (Å²) < 4.78 is 2.10. The van der Waals surface area contributed by atoms with Crippen molar-refractivity contribution in [3.05, 3.63) is 71.0 Å². The Bertz CT molecular complexity index is 1110. The molecular weight excluding hydrogens is 356 g/mol. The summed E-state index contributed by atoms with van der Waals surface area (Å²) in [6, 6.07) is 12.0. The lowest BCUT2D eigenvalue weighted by molar-refractivity contribution is 0.0946. The fraction of sp³-hybridized carbons (Fsp3) is 0.190. The number of aryl methyl sites for hydroxylation is 2. The molecule has 136 valence electrons. The Morgan fingerprint density at radius 3 is 2.89 bits per heavy atom. The molecule has 1 N–H and O–H groups in total. The van der Waals surface area contributed by atoms with Gasteiger partial charge in [0.1, 0.15) is 16.3 Å². The maximum Gasteiger partial charge on any atom is 0.271 e. The van der Waals surface area contributed by atoms with E-state index in [1.54, 1.807) is 6.20 Å². The number of hydrogen-bond acceptors (Lipinski definition) is 4. The van der Waals surface area contributed by atoms with Crippen LogP contribution in [-0.4, -0.2) is 20.4 Å². The monoisotopic (exact) mass is 376 g/mol. The van der Waals surface area contributed by atoms with Gasteiger partial charge in [-0.15, -0.1) is 11.3 Å². The van der Waals surface area contributed by atoms with Crippen molar-refractivity contribution >= 4 is 28.3 Å². The van der Waals surface area contributed by atoms with Gasteiger partial charge in [0.2, 0.25) is 0 Å². The molecule has 0 atom stereocenters. The Morgan fingerprint density at radius 2 is 2.07 bits per heavy atom. The highest BCUT2D eigenvalue weighted by atomic mass is 32.1. The van der Waals surface area contributed by atoms with Crippen LogP contribution in [0.3, 0.4) is 0 Å². The summed E-state index contributed by atoms with van der Waals surface area (Å²) in [5.41, 5.74) is 4.68. The van der Waals surface area contributed by atoms with Crippen molar-refractivity contribution in [1.29, 1.82) is 0 Å². The van der Waals surface area contributed by atoms with Crippen LogP contribution in [0.4, 0.5) is 0 Å². The van der Waals surface area contributed by atoms with Crippen molar-refractivity contribution < 1.29 is 4.79 Å². The Balaban J connectivity index is 1.57. The van der Waals surface area contributed by atoms with E-state index in [0.29, 0.717) is 12.2 Å². The molecular formula is C21H20N4OS. The zero-order valence-electron chi connectivity index (χ0n) is 15.3. The Kier molecular flexibility index (Phi) is 4.73. The van der Waals surface area contributed by atoms with E-state index < -0.39 is 0 Å². The Morgan fingerprint density at radius 1 is 1.22 bits per heavy atom. The number of amides is 1. The van der Waals surface area contributed by atoms with Crippen LogP contribution in [-0.2, 0) is 13.1 Å². The Hall–Kier alpha value is -2.99. The molecule has 0 saturated carbocycles. The summed E-state index contributed by atoms with van der Waals surface area (Å²) >= 11 is 1.48. The minimum absolute atomic E-state index is 0.155. The number of fused-ring (bicyclic) bond motifs is 1. The number of rotatable bonds is 5. The van der Waals surface area contributed by atoms with Crippen molar-refractivity contribution in [2.24, 2.45) is 0 Å². The minimum Gasteiger partial charge on any atom is -0.347 e. The highest BCUT2D eigenvalue weighted by molar-refractivity contribution is 7.13. The molecule has 0 saturated heterocycles. The van der Waals surface area contributed by atoms with Crippen LogP contribution in [0.15, 0.2) is 54.2 Å². The summed E-state index contributed by atoms with van der Waals surface area (Å²) in [6.07, 6.45) is 3.86. The molecule has 0 fully saturated rings. The summed E-state index contributed by atoms with van der Waals surface area (Å²) in [5, 5.41) is 6.67. The molecule has 4 aromatic rings. The van der Waals surface area contributed by atoms with Gasteiger partial charge in [0.05, 0.1) is 0 Å². The number of aromatic nitrogens is 3. The molecule has 0 aliphatic carbocycles. The quantitative estimate of drug-likeness (QED) is 0.561. The maximum absolute atomic E-state index is 12.5. The first-order chi connectivity index (χ1) is 13.2. The first kappa shape index (κ1) is 17.4. The molecule has 27 heavy (non-hydrogen) atoms. The first-order valence-corrected chi connectivity index (χ1v) is 9.77. The molecule has 1 aromatic carbocycles. The molecule has 0 bridgehead atoms. The van der Waals surface area contributed by atoms with Crippen molar-refractivity contribution in [3.8, 4) is 10.6 Å². The summed E-state index contributed by atoms with van der Waals surface area (Å²) in [6.45, 7) is 5.46. The molecule has 0 unspecified atom stereocenters. The molecule has 4 rings (SSSR count). The summed E-state index contributed by atoms with van der Waals surface area (Å²) in [4.78, 5) is 21.6. The topological polar surface area (TPSA) is 59.8 Å². The average Bonchev–Trinajstić information content (AvgIpc) is 3.32. The fourth-order valence-electron chi connectivity index (χ4n) is 3.11. The third-order valence-corrected chi connectivity index (χ3v) is 5.52. The normalized spacial score (nSPS) is 11.0. The smallest absolute Gasteiger partial charge is 0.271 e. The lowest BCUT2D eigenvalue weighted by Crippen LogP contribution is -2.23. The van der Waals surface area contributed by atoms with Gasteiger partial charge in [0, 0.05) is 41.8 Å². The van der Waals surface area contributed by atoms with Gasteiger partial charge in [-0.3, -0.25) is 4.79 Å². The van der Waals surface area contributed by atoms with Gasteiger partial charge in [-0.2, -0.15) is 0 Å². The third-order valence-electron chi connectivity index (χ3n) is 4.64. The van der Waals surface area contributed by atoms with Crippen LogP contribution in [0.1, 0.15) is 28.5 Å². The predicted molar refractivity (Wildman–Crippen MR) is 109 cm³/mol. The largest absolute Gasteiger partial charge is 0.347 e. The van der Waals surface area contributed by atoms with Crippen LogP contribution < -0.4 is 5.32 Å². The second kappa shape index (κ2) is 7.32. The van der Waals surface area contributed by atoms with Crippen LogP contribution in [0, 0.1) is 6.92 Å². The van der Waals surface area contributed by atoms with Crippen LogP contribution in [0.25, 0.3) is 21.6 Å². The number of benzene rings is 1. The van der Waals surface area contributed by atoms with Crippen LogP contribution in [0.2, 0.25) is 0 Å². The number of pyridine rings is 1. The van der Waals surface area contributed by atoms with E-state index in [1.807, 2.05) is 48.7 Å². The second-order valence-electron chi connectivity index (χ2n) is 6.35. The molecule has 0 aliphatic heterocycles. The summed E-state index contributed by atoms with van der Waals surface area (Å²) in [5.74, 6) is -0.155. The highest BCUT2D eigenvalue weighted by Gasteiger charge is 2.16. The van der Waals surface area contributed by atoms with E-state index in [4.69, 9.17) is 0 Å². The molecule has 5 nitrogen and oxygen atoms in total. The lowest BCUT2D eigenvalue weighted by Gasteiger charge is -2.06. The first-order valence-electron chi connectivity index (χ1n) is 8.90. The van der Waals surface area contributed by atoms with Crippen molar-refractivity contribution in [3.63, 3.8) is 0 Å². The van der Waals surface area contributed by atoms with Crippen molar-refractivity contribution in [2.75, 3.05) is 0 Å². The molecule has 3 aromatic heterocycles. The zero-order chi connectivity index (χ0) is 18.8. The molecule has 0 aliphatic rings. The number of carbonyl (C=O) groups excluding carboxylic acids is 1. The molecule has 1 amide bonds. The van der Waals surface area contributed by atoms with Gasteiger partial charge in [-0.05, 0) is 37.1 Å². The maximum atomic E-state index is 12.5. The van der Waals surface area contributed by atoms with Crippen LogP contribution >= 0.6 is 11.3 Å². The average molecular weight is 376 g/mol. The van der Waals surface area contributed by atoms with E-state index in [2.05, 4.69) is 33.0 Å². The minimum atomic E-state index is -0.155. The Labute approximate surface area is 161 Å². The standard InChI is InChI=1S/C21H20N4OS/c1-3-25-12-17(16-9-6-10-22-19(16)25)21-24-18(13-27-21)20(26)23-11-15-8-5-4-7-14(15)2/h4-10,12-13H,3,11H2,1-2H3,(H,23,26). The summed E-state index contributed by atoms with van der Waals surface area (Å²) in [7, 11) is 0. The van der Waals surface area contributed by atoms with E-state index in [0.717, 1.165) is 39.3 Å². The molecule has 0 spiro atoms. The van der Waals surface area contributed by atoms with Gasteiger partial charge in [0.25, 0.3) is 5.91 Å². The highest BCUT2D eigenvalue weighted by Crippen LogP contribution is 2.31. The number of nitrogens with one attached hydrogen (secondary N) is 1. The second-order valence-corrected chi connectivity index (χ2v) is 7.21. The van der Waals surface area contributed by atoms with Gasteiger partial charge in [0.15, 0.2) is 0 Å². The SMILES string of the molecule is CCn1cc(-c2nc(C(=O)NCc3ccccc3C)cs2)c2cccnc21. The van der Waals surface area contributed by atoms with Crippen molar-refractivity contribution in [2.45, 2.75) is 26.9 Å². The number of hydrogen-bond donors (Lipinski definition) is 1. The van der Waals surface area contributed by atoms with E-state index in [-0.39, 0.29) is 5.91 Å². The number of thiazole rings is 1. The van der Waals surface area contributed by atoms with E-state index >= 15 is 0 Å². The zero-order valence-corrected chi connectivity index (χ0v) is 16.1. The van der Waals surface area contributed by atoms with Gasteiger partial charge in [-0.1, -0.05) is 24.3 Å². The van der Waals surface area contributed by atoms with Gasteiger partial charge in [-0.25, -0.2) is 9.97 Å². The molecule has 6 heteroatoms. The fourth-order valence-corrected chi connectivity index (χ4v) is 3.93. The third kappa shape index (κ3) is 3.36. The van der Waals surface area contributed by atoms with Crippen LogP contribution in [0.5, 0.6) is 0 Å². The number of nitrogens with zero attached hydrogens (tertiary/aromatic N) is 3.